The maximum Gasteiger partial charge on any atom is 0.332 e. The molecule has 9 heteroatoms. The van der Waals surface area contributed by atoms with Crippen LogP contribution < -0.4 is 11.2 Å². The number of benzene rings is 1. The number of hydrogen-bond acceptors (Lipinski definition) is 4. The summed E-state index contributed by atoms with van der Waals surface area (Å²) in [7, 11) is 4.73. The van der Waals surface area contributed by atoms with E-state index in [1.807, 2.05) is 0 Å². The Hall–Kier alpha value is -3.23. The lowest BCUT2D eigenvalue weighted by atomic mass is 10.1. The molecule has 0 aliphatic heterocycles. The second kappa shape index (κ2) is 6.82. The molecule has 2 aromatic heterocycles. The molecule has 0 saturated heterocycles. The molecule has 1 amide bonds. The molecule has 0 radical (unpaired) electrons. The first kappa shape index (κ1) is 18.6. The van der Waals surface area contributed by atoms with Crippen LogP contribution in [0.2, 0.25) is 0 Å². The number of aromatic nitrogens is 4. The largest absolute Gasteiger partial charge is 0.337 e. The Labute approximate surface area is 154 Å². The van der Waals surface area contributed by atoms with E-state index in [4.69, 9.17) is 0 Å². The summed E-state index contributed by atoms with van der Waals surface area (Å²) in [6.07, 6.45) is 1.44. The lowest BCUT2D eigenvalue weighted by Gasteiger charge is -2.25. The van der Waals surface area contributed by atoms with Crippen molar-refractivity contribution >= 4 is 17.1 Å². The number of hydrogen-bond donors (Lipinski definition) is 0. The molecule has 3 aromatic rings. The molecule has 0 aliphatic carbocycles. The highest BCUT2D eigenvalue weighted by molar-refractivity contribution is 5.77. The summed E-state index contributed by atoms with van der Waals surface area (Å²) in [5.41, 5.74) is 0.0876. The third kappa shape index (κ3) is 3.16. The van der Waals surface area contributed by atoms with E-state index in [0.29, 0.717) is 0 Å². The van der Waals surface area contributed by atoms with E-state index >= 15 is 0 Å². The number of carbonyl (C=O) groups excluding carboxylic acids is 1. The molecule has 0 N–H and O–H groups in total. The summed E-state index contributed by atoms with van der Waals surface area (Å²) in [4.78, 5) is 43.4. The summed E-state index contributed by atoms with van der Waals surface area (Å²) in [5, 5.41) is 0. The zero-order chi connectivity index (χ0) is 19.9. The molecule has 0 bridgehead atoms. The first-order valence-electron chi connectivity index (χ1n) is 8.34. The second-order valence-electron chi connectivity index (χ2n) is 6.49. The Kier molecular flexibility index (Phi) is 4.69. The molecule has 0 fully saturated rings. The third-order valence-electron chi connectivity index (χ3n) is 4.82. The molecule has 1 atom stereocenters. The van der Waals surface area contributed by atoms with Gasteiger partial charge in [0.2, 0.25) is 5.91 Å². The number of imidazole rings is 1. The highest BCUT2D eigenvalue weighted by Gasteiger charge is 2.21. The number of aryl methyl sites for hydroxylation is 2. The van der Waals surface area contributed by atoms with Gasteiger partial charge in [-0.25, -0.2) is 18.7 Å². The van der Waals surface area contributed by atoms with Gasteiger partial charge in [0.25, 0.3) is 5.56 Å². The van der Waals surface area contributed by atoms with Crippen molar-refractivity contribution in [2.24, 2.45) is 14.1 Å². The van der Waals surface area contributed by atoms with Gasteiger partial charge in [0.15, 0.2) is 11.2 Å². The number of likely N-dealkylation sites (N-methyl/N-ethyl adjacent to an activating group) is 1. The van der Waals surface area contributed by atoms with Crippen molar-refractivity contribution in [3.05, 3.63) is 62.8 Å². The van der Waals surface area contributed by atoms with Crippen molar-refractivity contribution in [2.75, 3.05) is 7.05 Å². The minimum atomic E-state index is -0.609. The van der Waals surface area contributed by atoms with Gasteiger partial charge < -0.3 is 9.47 Å². The highest BCUT2D eigenvalue weighted by atomic mass is 19.1. The Morgan fingerprint density at radius 3 is 2.48 bits per heavy atom. The van der Waals surface area contributed by atoms with Crippen LogP contribution in [-0.4, -0.2) is 36.5 Å². The number of carbonyl (C=O) groups is 1. The van der Waals surface area contributed by atoms with E-state index in [1.54, 1.807) is 33.2 Å². The zero-order valence-electron chi connectivity index (χ0n) is 15.5. The van der Waals surface area contributed by atoms with E-state index in [1.165, 1.54) is 39.5 Å². The molecule has 142 valence electrons. The topological polar surface area (TPSA) is 82.1 Å². The van der Waals surface area contributed by atoms with Crippen molar-refractivity contribution in [3.63, 3.8) is 0 Å². The Morgan fingerprint density at radius 1 is 1.22 bits per heavy atom. The van der Waals surface area contributed by atoms with Crippen molar-refractivity contribution in [1.29, 1.82) is 0 Å². The fourth-order valence-electron chi connectivity index (χ4n) is 2.96. The van der Waals surface area contributed by atoms with Crippen molar-refractivity contribution < 1.29 is 9.18 Å². The summed E-state index contributed by atoms with van der Waals surface area (Å²) in [5.74, 6) is -0.771. The van der Waals surface area contributed by atoms with Crippen LogP contribution in [0.25, 0.3) is 11.2 Å². The Morgan fingerprint density at radius 2 is 1.85 bits per heavy atom. The summed E-state index contributed by atoms with van der Waals surface area (Å²) in [6, 6.07) is 5.48. The fourth-order valence-corrected chi connectivity index (χ4v) is 2.96. The number of nitrogens with zero attached hydrogens (tertiary/aromatic N) is 5. The van der Waals surface area contributed by atoms with Gasteiger partial charge in [-0.3, -0.25) is 14.2 Å². The number of halogens is 1. The molecule has 1 aromatic carbocycles. The summed E-state index contributed by atoms with van der Waals surface area (Å²) < 4.78 is 16.8. The number of rotatable bonds is 4. The van der Waals surface area contributed by atoms with Gasteiger partial charge in [0.1, 0.15) is 12.4 Å². The SMILES string of the molecule is CC(c1ccc(F)cc1)N(C)C(=O)Cn1c(=O)c2c(ncn2C)n(C)c1=O. The predicted octanol–water partition coefficient (Wildman–Crippen LogP) is 0.792. The second-order valence-corrected chi connectivity index (χ2v) is 6.49. The first-order valence-corrected chi connectivity index (χ1v) is 8.34. The standard InChI is InChI=1S/C18H20FN5O3/c1-11(12-5-7-13(19)8-6-12)22(3)14(25)9-24-17(26)15-16(20-10-21(15)2)23(4)18(24)27/h5-8,10-11H,9H2,1-4H3. The molecule has 27 heavy (non-hydrogen) atoms. The molecule has 8 nitrogen and oxygen atoms in total. The maximum absolute atomic E-state index is 13.1. The quantitative estimate of drug-likeness (QED) is 0.677. The van der Waals surface area contributed by atoms with Crippen LogP contribution in [0, 0.1) is 5.82 Å². The lowest BCUT2D eigenvalue weighted by Crippen LogP contribution is -2.44. The van der Waals surface area contributed by atoms with Gasteiger partial charge in [0, 0.05) is 21.1 Å². The van der Waals surface area contributed by atoms with E-state index < -0.39 is 23.7 Å². The first-order chi connectivity index (χ1) is 12.7. The molecule has 1 unspecified atom stereocenters. The van der Waals surface area contributed by atoms with Crippen molar-refractivity contribution in [3.8, 4) is 0 Å². The van der Waals surface area contributed by atoms with E-state index in [0.717, 1.165) is 10.1 Å². The number of fused-ring (bicyclic) bond motifs is 1. The average molecular weight is 373 g/mol. The molecule has 0 aliphatic rings. The van der Waals surface area contributed by atoms with Gasteiger partial charge in [0.05, 0.1) is 12.4 Å². The van der Waals surface area contributed by atoms with E-state index in [2.05, 4.69) is 4.98 Å². The lowest BCUT2D eigenvalue weighted by molar-refractivity contribution is -0.132. The Bertz CT molecular complexity index is 1130. The van der Waals surface area contributed by atoms with E-state index in [9.17, 15) is 18.8 Å². The molecular formula is C18H20FN5O3. The van der Waals surface area contributed by atoms with E-state index in [-0.39, 0.29) is 23.0 Å². The van der Waals surface area contributed by atoms with Crippen LogP contribution in [0.15, 0.2) is 40.2 Å². The molecule has 0 spiro atoms. The molecular weight excluding hydrogens is 353 g/mol. The fraction of sp³-hybridized carbons (Fsp3) is 0.333. The van der Waals surface area contributed by atoms with Gasteiger partial charge in [-0.05, 0) is 24.6 Å². The highest BCUT2D eigenvalue weighted by Crippen LogP contribution is 2.19. The Balaban J connectivity index is 1.94. The third-order valence-corrected chi connectivity index (χ3v) is 4.82. The van der Waals surface area contributed by atoms with Gasteiger partial charge >= 0.3 is 5.69 Å². The molecule has 0 saturated carbocycles. The number of amides is 1. The molecule has 2 heterocycles. The minimum Gasteiger partial charge on any atom is -0.337 e. The van der Waals surface area contributed by atoms with Crippen LogP contribution in [0.4, 0.5) is 4.39 Å². The van der Waals surface area contributed by atoms with Crippen LogP contribution in [0.5, 0.6) is 0 Å². The minimum absolute atomic E-state index is 0.249. The van der Waals surface area contributed by atoms with Crippen LogP contribution in [0.1, 0.15) is 18.5 Å². The van der Waals surface area contributed by atoms with Gasteiger partial charge in [-0.15, -0.1) is 0 Å². The normalized spacial score (nSPS) is 12.3. The predicted molar refractivity (Wildman–Crippen MR) is 97.8 cm³/mol. The summed E-state index contributed by atoms with van der Waals surface area (Å²) >= 11 is 0. The van der Waals surface area contributed by atoms with Crippen LogP contribution >= 0.6 is 0 Å². The smallest absolute Gasteiger partial charge is 0.332 e. The van der Waals surface area contributed by atoms with Gasteiger partial charge in [-0.2, -0.15) is 0 Å². The molecule has 3 rings (SSSR count). The monoisotopic (exact) mass is 373 g/mol. The summed E-state index contributed by atoms with van der Waals surface area (Å²) in [6.45, 7) is 1.39. The van der Waals surface area contributed by atoms with Crippen LogP contribution in [-0.2, 0) is 25.4 Å². The average Bonchev–Trinajstić information content (AvgIpc) is 3.04. The maximum atomic E-state index is 13.1. The zero-order valence-corrected chi connectivity index (χ0v) is 15.5. The van der Waals surface area contributed by atoms with Gasteiger partial charge in [-0.1, -0.05) is 12.1 Å². The van der Waals surface area contributed by atoms with Crippen molar-refractivity contribution in [1.82, 2.24) is 23.6 Å². The van der Waals surface area contributed by atoms with Crippen LogP contribution in [0.3, 0.4) is 0 Å². The van der Waals surface area contributed by atoms with Crippen molar-refractivity contribution in [2.45, 2.75) is 19.5 Å².